The summed E-state index contributed by atoms with van der Waals surface area (Å²) < 4.78 is 0. The maximum absolute atomic E-state index is 10.6. The SMILES string of the molecule is CC(=O)/C(C=O)=C/N(C)C. The van der Waals surface area contributed by atoms with E-state index in [9.17, 15) is 9.59 Å². The van der Waals surface area contributed by atoms with Crippen LogP contribution in [0.1, 0.15) is 6.92 Å². The Hall–Kier alpha value is -1.12. The second kappa shape index (κ2) is 3.82. The van der Waals surface area contributed by atoms with Gasteiger partial charge in [-0.2, -0.15) is 0 Å². The largest absolute Gasteiger partial charge is 0.383 e. The standard InChI is InChI=1S/C7H11NO2/c1-6(10)7(5-9)4-8(2)3/h4-5H,1-3H3/b7-4+. The highest BCUT2D eigenvalue weighted by Crippen LogP contribution is 1.91. The number of ketones is 1. The monoisotopic (exact) mass is 141 g/mol. The summed E-state index contributed by atoms with van der Waals surface area (Å²) >= 11 is 0. The third kappa shape index (κ3) is 3.02. The molecule has 0 aromatic heterocycles. The molecule has 0 aliphatic heterocycles. The summed E-state index contributed by atoms with van der Waals surface area (Å²) in [6, 6.07) is 0. The van der Waals surface area contributed by atoms with Gasteiger partial charge >= 0.3 is 0 Å². The van der Waals surface area contributed by atoms with E-state index in [1.54, 1.807) is 19.0 Å². The van der Waals surface area contributed by atoms with E-state index in [2.05, 4.69) is 0 Å². The zero-order chi connectivity index (χ0) is 8.15. The normalized spacial score (nSPS) is 10.9. The summed E-state index contributed by atoms with van der Waals surface area (Å²) in [6.45, 7) is 1.36. The predicted octanol–water partition coefficient (Wildman–Crippen LogP) is 0.220. The summed E-state index contributed by atoms with van der Waals surface area (Å²) in [5.74, 6) is -0.205. The van der Waals surface area contributed by atoms with Crippen molar-refractivity contribution in [2.75, 3.05) is 14.1 Å². The van der Waals surface area contributed by atoms with Gasteiger partial charge in [-0.1, -0.05) is 0 Å². The van der Waals surface area contributed by atoms with Crippen LogP contribution in [-0.2, 0) is 9.59 Å². The Morgan fingerprint density at radius 3 is 2.00 bits per heavy atom. The Morgan fingerprint density at radius 2 is 1.90 bits per heavy atom. The topological polar surface area (TPSA) is 37.4 Å². The second-order valence-corrected chi connectivity index (χ2v) is 2.22. The maximum atomic E-state index is 10.6. The minimum atomic E-state index is -0.205. The first kappa shape index (κ1) is 8.88. The number of allylic oxidation sites excluding steroid dienone is 1. The first-order valence-electron chi connectivity index (χ1n) is 2.92. The molecule has 0 rings (SSSR count). The predicted molar refractivity (Wildman–Crippen MR) is 38.5 cm³/mol. The van der Waals surface area contributed by atoms with Crippen LogP contribution < -0.4 is 0 Å². The van der Waals surface area contributed by atoms with Gasteiger partial charge in [-0.3, -0.25) is 9.59 Å². The molecule has 56 valence electrons. The highest BCUT2D eigenvalue weighted by molar-refractivity contribution is 6.10. The molecule has 0 bridgehead atoms. The lowest BCUT2D eigenvalue weighted by Gasteiger charge is -2.04. The average Bonchev–Trinajstić information content (AvgIpc) is 1.81. The van der Waals surface area contributed by atoms with Gasteiger partial charge in [0, 0.05) is 20.3 Å². The Kier molecular flexibility index (Phi) is 3.39. The minimum absolute atomic E-state index is 0.199. The van der Waals surface area contributed by atoms with Gasteiger partial charge in [0.1, 0.15) is 0 Å². The molecule has 0 saturated carbocycles. The Bertz CT molecular complexity index is 170. The van der Waals surface area contributed by atoms with Crippen molar-refractivity contribution in [2.24, 2.45) is 0 Å². The van der Waals surface area contributed by atoms with Crippen LogP contribution in [0, 0.1) is 0 Å². The second-order valence-electron chi connectivity index (χ2n) is 2.22. The number of nitrogens with zero attached hydrogens (tertiary/aromatic N) is 1. The number of hydrogen-bond acceptors (Lipinski definition) is 3. The van der Waals surface area contributed by atoms with E-state index < -0.39 is 0 Å². The number of rotatable bonds is 3. The molecule has 0 aliphatic rings. The van der Waals surface area contributed by atoms with Crippen LogP contribution >= 0.6 is 0 Å². The van der Waals surface area contributed by atoms with E-state index in [1.165, 1.54) is 13.1 Å². The van der Waals surface area contributed by atoms with Gasteiger partial charge in [0.15, 0.2) is 12.1 Å². The van der Waals surface area contributed by atoms with E-state index >= 15 is 0 Å². The molecule has 0 aliphatic carbocycles. The number of hydrogen-bond donors (Lipinski definition) is 0. The summed E-state index contributed by atoms with van der Waals surface area (Å²) in [4.78, 5) is 22.4. The quantitative estimate of drug-likeness (QED) is 0.244. The molecule has 0 heterocycles. The van der Waals surface area contributed by atoms with Crippen molar-refractivity contribution in [3.63, 3.8) is 0 Å². The summed E-state index contributed by atoms with van der Waals surface area (Å²) in [5, 5.41) is 0. The van der Waals surface area contributed by atoms with Gasteiger partial charge in [0.25, 0.3) is 0 Å². The molecule has 0 unspecified atom stereocenters. The third-order valence-corrected chi connectivity index (χ3v) is 0.931. The van der Waals surface area contributed by atoms with E-state index in [-0.39, 0.29) is 11.4 Å². The number of carbonyl (C=O) groups is 2. The molecule has 3 heteroatoms. The van der Waals surface area contributed by atoms with Crippen molar-refractivity contribution in [3.05, 3.63) is 11.8 Å². The van der Waals surface area contributed by atoms with E-state index in [1.807, 2.05) is 0 Å². The van der Waals surface area contributed by atoms with E-state index in [4.69, 9.17) is 0 Å². The third-order valence-electron chi connectivity index (χ3n) is 0.931. The first-order chi connectivity index (χ1) is 4.57. The van der Waals surface area contributed by atoms with Gasteiger partial charge in [-0.05, 0) is 6.92 Å². The Balaban J connectivity index is 4.33. The zero-order valence-electron chi connectivity index (χ0n) is 6.42. The van der Waals surface area contributed by atoms with Crippen molar-refractivity contribution >= 4 is 12.1 Å². The lowest BCUT2D eigenvalue weighted by Crippen LogP contribution is -2.07. The lowest BCUT2D eigenvalue weighted by atomic mass is 10.2. The van der Waals surface area contributed by atoms with Gasteiger partial charge in [0.2, 0.25) is 0 Å². The fourth-order valence-electron chi connectivity index (χ4n) is 0.482. The first-order valence-corrected chi connectivity index (χ1v) is 2.92. The van der Waals surface area contributed by atoms with Crippen LogP contribution in [0.3, 0.4) is 0 Å². The molecule has 3 nitrogen and oxygen atoms in total. The molecular weight excluding hydrogens is 130 g/mol. The van der Waals surface area contributed by atoms with Crippen molar-refractivity contribution in [1.82, 2.24) is 4.90 Å². The fraction of sp³-hybridized carbons (Fsp3) is 0.429. The summed E-state index contributed by atoms with van der Waals surface area (Å²) in [5.41, 5.74) is 0.199. The summed E-state index contributed by atoms with van der Waals surface area (Å²) in [6.07, 6.45) is 2.05. The average molecular weight is 141 g/mol. The molecule has 0 spiro atoms. The molecule has 0 amide bonds. The molecule has 0 fully saturated rings. The fourth-order valence-corrected chi connectivity index (χ4v) is 0.482. The van der Waals surface area contributed by atoms with E-state index in [0.717, 1.165) is 0 Å². The highest BCUT2D eigenvalue weighted by atomic mass is 16.1. The molecule has 0 atom stereocenters. The van der Waals surface area contributed by atoms with Crippen molar-refractivity contribution in [1.29, 1.82) is 0 Å². The van der Waals surface area contributed by atoms with Crippen LogP contribution in [0.25, 0.3) is 0 Å². The van der Waals surface area contributed by atoms with Gasteiger partial charge in [-0.15, -0.1) is 0 Å². The summed E-state index contributed by atoms with van der Waals surface area (Å²) in [7, 11) is 3.51. The molecular formula is C7H11NO2. The molecule has 0 aromatic rings. The van der Waals surface area contributed by atoms with Crippen LogP contribution in [0.5, 0.6) is 0 Å². The van der Waals surface area contributed by atoms with Crippen LogP contribution in [0.15, 0.2) is 11.8 Å². The number of carbonyl (C=O) groups excluding carboxylic acids is 2. The van der Waals surface area contributed by atoms with Crippen LogP contribution in [0.2, 0.25) is 0 Å². The maximum Gasteiger partial charge on any atom is 0.164 e. The molecule has 0 saturated heterocycles. The lowest BCUT2D eigenvalue weighted by molar-refractivity contribution is -0.116. The molecule has 0 radical (unpaired) electrons. The Labute approximate surface area is 60.3 Å². The van der Waals surface area contributed by atoms with Gasteiger partial charge < -0.3 is 4.90 Å². The number of Topliss-reactive ketones (excluding diaryl/α,β-unsaturated/α-hetero) is 1. The van der Waals surface area contributed by atoms with Crippen molar-refractivity contribution in [2.45, 2.75) is 6.92 Å². The molecule has 10 heavy (non-hydrogen) atoms. The molecule has 0 aromatic carbocycles. The molecule has 0 N–H and O–H groups in total. The zero-order valence-corrected chi connectivity index (χ0v) is 6.42. The van der Waals surface area contributed by atoms with Crippen LogP contribution in [0.4, 0.5) is 0 Å². The number of aldehydes is 1. The van der Waals surface area contributed by atoms with E-state index in [0.29, 0.717) is 6.29 Å². The van der Waals surface area contributed by atoms with Gasteiger partial charge in [0.05, 0.1) is 5.57 Å². The van der Waals surface area contributed by atoms with Crippen molar-refractivity contribution < 1.29 is 9.59 Å². The minimum Gasteiger partial charge on any atom is -0.383 e. The van der Waals surface area contributed by atoms with Crippen LogP contribution in [-0.4, -0.2) is 31.1 Å². The van der Waals surface area contributed by atoms with Crippen molar-refractivity contribution in [3.8, 4) is 0 Å². The van der Waals surface area contributed by atoms with Gasteiger partial charge in [-0.25, -0.2) is 0 Å². The Morgan fingerprint density at radius 1 is 1.40 bits per heavy atom. The highest BCUT2D eigenvalue weighted by Gasteiger charge is 2.00. The smallest absolute Gasteiger partial charge is 0.164 e.